The Morgan fingerprint density at radius 3 is 2.64 bits per heavy atom. The van der Waals surface area contributed by atoms with Crippen LogP contribution in [0.1, 0.15) is 5.69 Å². The number of aliphatic hydroxyl groups excluding tert-OH is 1. The van der Waals surface area contributed by atoms with Gasteiger partial charge in [0.05, 0.1) is 42.6 Å². The van der Waals surface area contributed by atoms with Gasteiger partial charge in [0.15, 0.2) is 0 Å². The van der Waals surface area contributed by atoms with E-state index in [2.05, 4.69) is 25.0 Å². The molecule has 4 aromatic rings. The van der Waals surface area contributed by atoms with Crippen LogP contribution in [0.5, 0.6) is 17.4 Å². The number of hydrogen-bond acceptors (Lipinski definition) is 9. The van der Waals surface area contributed by atoms with Crippen molar-refractivity contribution in [3.8, 4) is 39.9 Å². The first-order chi connectivity index (χ1) is 16.0. The largest absolute Gasteiger partial charge is 0.480 e. The fourth-order valence-corrected chi connectivity index (χ4v) is 3.24. The van der Waals surface area contributed by atoms with Crippen molar-refractivity contribution in [2.45, 2.75) is 6.92 Å². The summed E-state index contributed by atoms with van der Waals surface area (Å²) < 4.78 is 13.3. The van der Waals surface area contributed by atoms with Gasteiger partial charge in [-0.3, -0.25) is 9.67 Å². The molecule has 0 aliphatic rings. The van der Waals surface area contributed by atoms with E-state index in [0.717, 1.165) is 11.3 Å². The Morgan fingerprint density at radius 1 is 1.09 bits per heavy atom. The van der Waals surface area contributed by atoms with Gasteiger partial charge in [-0.05, 0) is 25.1 Å². The van der Waals surface area contributed by atoms with E-state index in [1.54, 1.807) is 48.4 Å². The van der Waals surface area contributed by atoms with Crippen LogP contribution in [-0.2, 0) is 7.05 Å². The van der Waals surface area contributed by atoms with Crippen LogP contribution in [0, 0.1) is 6.92 Å². The Bertz CT molecular complexity index is 1260. The molecule has 0 spiro atoms. The predicted octanol–water partition coefficient (Wildman–Crippen LogP) is 2.87. The molecule has 10 heteroatoms. The number of methoxy groups -OCH3 is 1. The third-order valence-electron chi connectivity index (χ3n) is 4.98. The third-order valence-corrected chi connectivity index (χ3v) is 4.98. The Balaban J connectivity index is 1.58. The van der Waals surface area contributed by atoms with E-state index in [1.165, 1.54) is 0 Å². The van der Waals surface area contributed by atoms with Gasteiger partial charge in [0.2, 0.25) is 11.8 Å². The van der Waals surface area contributed by atoms with Gasteiger partial charge >= 0.3 is 0 Å². The maximum absolute atomic E-state index is 9.14. The number of aryl methyl sites for hydroxylation is 2. The van der Waals surface area contributed by atoms with Gasteiger partial charge < -0.3 is 19.5 Å². The summed E-state index contributed by atoms with van der Waals surface area (Å²) in [6.07, 6.45) is 7.03. The molecule has 0 bridgehead atoms. The molecular formula is C23H25N7O3. The number of nitrogens with zero attached hydrogens (tertiary/aromatic N) is 7. The Morgan fingerprint density at radius 2 is 1.94 bits per heavy atom. The lowest BCUT2D eigenvalue weighted by atomic mass is 10.2. The van der Waals surface area contributed by atoms with Crippen molar-refractivity contribution in [1.82, 2.24) is 29.7 Å². The first-order valence-electron chi connectivity index (χ1n) is 10.3. The summed E-state index contributed by atoms with van der Waals surface area (Å²) in [6.45, 7) is 2.30. The van der Waals surface area contributed by atoms with Crippen LogP contribution in [0.4, 0.5) is 5.95 Å². The summed E-state index contributed by atoms with van der Waals surface area (Å²) in [6, 6.07) is 7.35. The molecule has 0 atom stereocenters. The van der Waals surface area contributed by atoms with Gasteiger partial charge in [-0.15, -0.1) is 0 Å². The van der Waals surface area contributed by atoms with E-state index < -0.39 is 0 Å². The van der Waals surface area contributed by atoms with Crippen LogP contribution in [0.15, 0.2) is 49.1 Å². The number of rotatable bonds is 8. The van der Waals surface area contributed by atoms with Gasteiger partial charge in [-0.1, -0.05) is 0 Å². The van der Waals surface area contributed by atoms with E-state index in [1.807, 2.05) is 38.4 Å². The minimum atomic E-state index is 0.00729. The van der Waals surface area contributed by atoms with Crippen molar-refractivity contribution < 1.29 is 14.6 Å². The van der Waals surface area contributed by atoms with Crippen LogP contribution >= 0.6 is 0 Å². The molecule has 0 saturated heterocycles. The molecule has 4 aromatic heterocycles. The van der Waals surface area contributed by atoms with Crippen molar-refractivity contribution in [2.75, 3.05) is 32.2 Å². The molecule has 170 valence electrons. The molecule has 10 nitrogen and oxygen atoms in total. The molecule has 0 aromatic carbocycles. The van der Waals surface area contributed by atoms with E-state index in [9.17, 15) is 0 Å². The fourth-order valence-electron chi connectivity index (χ4n) is 3.24. The Labute approximate surface area is 191 Å². The van der Waals surface area contributed by atoms with Gasteiger partial charge in [-0.2, -0.15) is 10.1 Å². The molecular weight excluding hydrogens is 422 g/mol. The highest BCUT2D eigenvalue weighted by Crippen LogP contribution is 2.32. The van der Waals surface area contributed by atoms with Gasteiger partial charge in [0.1, 0.15) is 11.5 Å². The molecule has 0 amide bonds. The van der Waals surface area contributed by atoms with E-state index in [4.69, 9.17) is 14.6 Å². The maximum Gasteiger partial charge on any atom is 0.228 e. The number of aliphatic hydroxyl groups is 1. The highest BCUT2D eigenvalue weighted by atomic mass is 16.5. The second kappa shape index (κ2) is 9.61. The number of ether oxygens (including phenoxy) is 2. The Hall–Kier alpha value is -4.05. The predicted molar refractivity (Wildman–Crippen MR) is 123 cm³/mol. The normalized spacial score (nSPS) is 10.8. The molecule has 0 aliphatic carbocycles. The van der Waals surface area contributed by atoms with Crippen LogP contribution < -0.4 is 14.4 Å². The highest BCUT2D eigenvalue weighted by molar-refractivity contribution is 5.66. The summed E-state index contributed by atoms with van der Waals surface area (Å²) in [5.74, 6) is 2.14. The monoisotopic (exact) mass is 447 g/mol. The molecule has 0 aliphatic heterocycles. The lowest BCUT2D eigenvalue weighted by Crippen LogP contribution is -2.23. The number of likely N-dealkylation sites (N-methyl/N-ethyl adjacent to an activating group) is 1. The number of aromatic nitrogens is 6. The van der Waals surface area contributed by atoms with E-state index >= 15 is 0 Å². The topological polar surface area (TPSA) is 111 Å². The second-order valence-corrected chi connectivity index (χ2v) is 7.40. The maximum atomic E-state index is 9.14. The minimum Gasteiger partial charge on any atom is -0.480 e. The zero-order chi connectivity index (χ0) is 23.4. The number of anilines is 1. The average Bonchev–Trinajstić information content (AvgIpc) is 3.26. The summed E-state index contributed by atoms with van der Waals surface area (Å²) in [7, 11) is 5.22. The lowest BCUT2D eigenvalue weighted by molar-refractivity contribution is 0.303. The molecule has 33 heavy (non-hydrogen) atoms. The van der Waals surface area contributed by atoms with Gasteiger partial charge in [-0.25, -0.2) is 9.97 Å². The van der Waals surface area contributed by atoms with Crippen molar-refractivity contribution in [3.63, 3.8) is 0 Å². The molecule has 1 N–H and O–H groups in total. The molecule has 0 fully saturated rings. The number of hydrogen-bond donors (Lipinski definition) is 1. The van der Waals surface area contributed by atoms with Gasteiger partial charge in [0, 0.05) is 50.9 Å². The zero-order valence-corrected chi connectivity index (χ0v) is 18.9. The first kappa shape index (κ1) is 22.2. The molecule has 0 saturated carbocycles. The second-order valence-electron chi connectivity index (χ2n) is 7.40. The van der Waals surface area contributed by atoms with E-state index in [-0.39, 0.29) is 6.61 Å². The van der Waals surface area contributed by atoms with Crippen LogP contribution in [-0.4, -0.2) is 62.1 Å². The van der Waals surface area contributed by atoms with Crippen LogP contribution in [0.3, 0.4) is 0 Å². The highest BCUT2D eigenvalue weighted by Gasteiger charge is 2.15. The van der Waals surface area contributed by atoms with Crippen LogP contribution in [0.2, 0.25) is 0 Å². The van der Waals surface area contributed by atoms with Gasteiger partial charge in [0.25, 0.3) is 0 Å². The SMILES string of the molecule is COc1nc(N(C)CCO)ncc1-c1ccc(Oc2ccnc(-c3cnn(C)c3)c2)c(C)n1. The fraction of sp³-hybridized carbons (Fsp3) is 0.261. The summed E-state index contributed by atoms with van der Waals surface area (Å²) in [5, 5.41) is 13.3. The first-order valence-corrected chi connectivity index (χ1v) is 10.3. The van der Waals surface area contributed by atoms with Crippen LogP contribution in [0.25, 0.3) is 22.5 Å². The van der Waals surface area contributed by atoms with Crippen molar-refractivity contribution >= 4 is 5.95 Å². The lowest BCUT2D eigenvalue weighted by Gasteiger charge is -2.17. The molecule has 0 unspecified atom stereocenters. The molecule has 0 radical (unpaired) electrons. The summed E-state index contributed by atoms with van der Waals surface area (Å²) >= 11 is 0. The minimum absolute atomic E-state index is 0.00729. The zero-order valence-electron chi connectivity index (χ0n) is 18.9. The quantitative estimate of drug-likeness (QED) is 0.436. The van der Waals surface area contributed by atoms with Crippen molar-refractivity contribution in [2.24, 2.45) is 7.05 Å². The van der Waals surface area contributed by atoms with Crippen molar-refractivity contribution in [3.05, 3.63) is 54.7 Å². The molecule has 4 rings (SSSR count). The van der Waals surface area contributed by atoms with Crippen molar-refractivity contribution in [1.29, 1.82) is 0 Å². The summed E-state index contributed by atoms with van der Waals surface area (Å²) in [4.78, 5) is 19.6. The molecule has 4 heterocycles. The average molecular weight is 447 g/mol. The smallest absolute Gasteiger partial charge is 0.228 e. The third kappa shape index (κ3) is 4.90. The standard InChI is InChI=1S/C23H25N7O3/c1-15-21(33-17-7-8-24-20(11-17)16-12-26-30(3)14-16)6-5-19(27-15)18-13-25-23(28-22(18)32-4)29(2)9-10-31/h5-8,11-14,31H,9-10H2,1-4H3. The summed E-state index contributed by atoms with van der Waals surface area (Å²) in [5.41, 5.74) is 3.72. The Kier molecular flexibility index (Phi) is 6.45. The van der Waals surface area contributed by atoms with E-state index in [0.29, 0.717) is 46.8 Å². The number of pyridine rings is 2.